The third kappa shape index (κ3) is 6.19. The number of amides is 1. The van der Waals surface area contributed by atoms with Gasteiger partial charge in [0.2, 0.25) is 5.89 Å². The number of carbonyl (C=O) groups excluding carboxylic acids is 1. The number of halogens is 3. The zero-order valence-electron chi connectivity index (χ0n) is 22.8. The van der Waals surface area contributed by atoms with Gasteiger partial charge < -0.3 is 14.6 Å². The molecule has 1 saturated heterocycles. The van der Waals surface area contributed by atoms with Crippen molar-refractivity contribution in [3.8, 4) is 11.5 Å². The Labute approximate surface area is 236 Å². The van der Waals surface area contributed by atoms with Crippen molar-refractivity contribution in [1.29, 1.82) is 0 Å². The largest absolute Gasteiger partial charge is 0.436 e. The molecule has 1 atom stereocenters. The van der Waals surface area contributed by atoms with Gasteiger partial charge in [0.1, 0.15) is 5.82 Å². The van der Waals surface area contributed by atoms with Crippen molar-refractivity contribution in [2.45, 2.75) is 45.2 Å². The average molecular weight is 562 g/mol. The monoisotopic (exact) mass is 561 g/mol. The highest BCUT2D eigenvalue weighted by Crippen LogP contribution is 2.35. The number of nitrogens with one attached hydrogen (secondary N) is 1. The summed E-state index contributed by atoms with van der Waals surface area (Å²) in [7, 11) is 0. The summed E-state index contributed by atoms with van der Waals surface area (Å²) in [6.07, 6.45) is -1.03. The predicted octanol–water partition coefficient (Wildman–Crippen LogP) is 7.62. The summed E-state index contributed by atoms with van der Waals surface area (Å²) in [5, 5.41) is 3.00. The van der Waals surface area contributed by atoms with E-state index in [-0.39, 0.29) is 17.7 Å². The van der Waals surface area contributed by atoms with Gasteiger partial charge in [-0.2, -0.15) is 13.2 Å². The quantitative estimate of drug-likeness (QED) is 0.235. The van der Waals surface area contributed by atoms with Crippen LogP contribution in [0, 0.1) is 12.5 Å². The van der Waals surface area contributed by atoms with E-state index in [0.717, 1.165) is 42.7 Å². The summed E-state index contributed by atoms with van der Waals surface area (Å²) in [5.74, 6) is 1.28. The Morgan fingerprint density at radius 2 is 1.90 bits per heavy atom. The van der Waals surface area contributed by atoms with Crippen LogP contribution in [-0.4, -0.2) is 35.5 Å². The van der Waals surface area contributed by atoms with Gasteiger partial charge in [0.15, 0.2) is 11.3 Å². The number of piperidine rings is 1. The maximum absolute atomic E-state index is 12.8. The van der Waals surface area contributed by atoms with Crippen molar-refractivity contribution in [3.05, 3.63) is 82.8 Å². The van der Waals surface area contributed by atoms with Crippen LogP contribution in [0.25, 0.3) is 27.4 Å². The summed E-state index contributed by atoms with van der Waals surface area (Å²) in [6.45, 7) is 13.4. The van der Waals surface area contributed by atoms with Gasteiger partial charge in [-0.05, 0) is 85.2 Å². The molecule has 2 aromatic heterocycles. The molecule has 41 heavy (non-hydrogen) atoms. The van der Waals surface area contributed by atoms with Crippen molar-refractivity contribution in [2.75, 3.05) is 24.5 Å². The standard InChI is InChI=1S/C31H30F3N5O2/c1-4-19(2)25-15-24(35-3)16-26-28(25)41-30(38-26)22-7-5-21(6-8-22)29(40)37-17-20-11-13-39(14-12-20)27-10-9-23(18-36-27)31(32,33)34/h5-10,15-16,18-20H,4,11-14,17H2,1-2H3,(H,37,40). The molecule has 1 unspecified atom stereocenters. The number of aromatic nitrogens is 2. The Hall–Kier alpha value is -4.39. The van der Waals surface area contributed by atoms with Gasteiger partial charge in [0.05, 0.1) is 17.7 Å². The smallest absolute Gasteiger partial charge is 0.417 e. The third-order valence-electron chi connectivity index (χ3n) is 7.73. The Balaban J connectivity index is 1.17. The minimum atomic E-state index is -4.40. The van der Waals surface area contributed by atoms with E-state index in [0.29, 0.717) is 53.7 Å². The van der Waals surface area contributed by atoms with Crippen LogP contribution in [0.15, 0.2) is 59.1 Å². The first-order valence-corrected chi connectivity index (χ1v) is 13.6. The number of fused-ring (bicyclic) bond motifs is 1. The van der Waals surface area contributed by atoms with E-state index in [1.54, 1.807) is 30.3 Å². The Kier molecular flexibility index (Phi) is 7.97. The molecule has 0 radical (unpaired) electrons. The fourth-order valence-electron chi connectivity index (χ4n) is 5.03. The minimum Gasteiger partial charge on any atom is -0.436 e. The first-order valence-electron chi connectivity index (χ1n) is 13.6. The van der Waals surface area contributed by atoms with E-state index >= 15 is 0 Å². The molecule has 0 spiro atoms. The van der Waals surface area contributed by atoms with Crippen molar-refractivity contribution in [1.82, 2.24) is 15.3 Å². The number of pyridine rings is 1. The fraction of sp³-hybridized carbons (Fsp3) is 0.355. The van der Waals surface area contributed by atoms with E-state index < -0.39 is 11.7 Å². The first-order chi connectivity index (χ1) is 19.7. The van der Waals surface area contributed by atoms with Gasteiger partial charge in [0.25, 0.3) is 5.91 Å². The highest BCUT2D eigenvalue weighted by Gasteiger charge is 2.31. The molecule has 5 rings (SSSR count). The second kappa shape index (κ2) is 11.6. The van der Waals surface area contributed by atoms with E-state index in [2.05, 4.69) is 34.0 Å². The Morgan fingerprint density at radius 1 is 1.17 bits per heavy atom. The molecule has 1 fully saturated rings. The summed E-state index contributed by atoms with van der Waals surface area (Å²) in [5.41, 5.74) is 3.32. The molecule has 3 heterocycles. The molecular formula is C31H30F3N5O2. The molecule has 1 aliphatic rings. The number of hydrogen-bond donors (Lipinski definition) is 1. The molecule has 0 saturated carbocycles. The van der Waals surface area contributed by atoms with Gasteiger partial charge in [-0.1, -0.05) is 13.8 Å². The molecule has 0 bridgehead atoms. The first kappa shape index (κ1) is 28.1. The van der Waals surface area contributed by atoms with Crippen molar-refractivity contribution >= 4 is 28.5 Å². The Bertz CT molecular complexity index is 1570. The summed E-state index contributed by atoms with van der Waals surface area (Å²) >= 11 is 0. The van der Waals surface area contributed by atoms with Crippen LogP contribution < -0.4 is 10.2 Å². The topological polar surface area (TPSA) is 75.6 Å². The zero-order valence-corrected chi connectivity index (χ0v) is 22.8. The van der Waals surface area contributed by atoms with Crippen LogP contribution in [0.2, 0.25) is 0 Å². The normalized spacial score (nSPS) is 15.1. The highest BCUT2D eigenvalue weighted by molar-refractivity contribution is 5.94. The molecule has 10 heteroatoms. The van der Waals surface area contributed by atoms with E-state index in [1.807, 2.05) is 11.0 Å². The van der Waals surface area contributed by atoms with E-state index in [9.17, 15) is 18.0 Å². The number of nitrogens with zero attached hydrogens (tertiary/aromatic N) is 4. The van der Waals surface area contributed by atoms with E-state index in [1.165, 1.54) is 6.07 Å². The van der Waals surface area contributed by atoms with Crippen LogP contribution in [0.5, 0.6) is 0 Å². The van der Waals surface area contributed by atoms with Gasteiger partial charge in [-0.15, -0.1) is 0 Å². The van der Waals surface area contributed by atoms with Crippen molar-refractivity contribution in [2.24, 2.45) is 5.92 Å². The third-order valence-corrected chi connectivity index (χ3v) is 7.73. The van der Waals surface area contributed by atoms with Crippen molar-refractivity contribution < 1.29 is 22.4 Å². The second-order valence-electron chi connectivity index (χ2n) is 10.4. The van der Waals surface area contributed by atoms with Crippen molar-refractivity contribution in [3.63, 3.8) is 0 Å². The van der Waals surface area contributed by atoms with Gasteiger partial charge in [-0.3, -0.25) is 4.79 Å². The second-order valence-corrected chi connectivity index (χ2v) is 10.4. The lowest BCUT2D eigenvalue weighted by molar-refractivity contribution is -0.137. The molecule has 7 nitrogen and oxygen atoms in total. The molecule has 1 N–H and O–H groups in total. The predicted molar refractivity (Wildman–Crippen MR) is 151 cm³/mol. The number of oxazole rings is 1. The Morgan fingerprint density at radius 3 is 2.51 bits per heavy atom. The summed E-state index contributed by atoms with van der Waals surface area (Å²) < 4.78 is 44.5. The van der Waals surface area contributed by atoms with E-state index in [4.69, 9.17) is 11.0 Å². The number of carbonyl (C=O) groups is 1. The maximum atomic E-state index is 12.8. The van der Waals surface area contributed by atoms with Crippen LogP contribution in [0.1, 0.15) is 60.5 Å². The number of hydrogen-bond acceptors (Lipinski definition) is 5. The number of alkyl halides is 3. The maximum Gasteiger partial charge on any atom is 0.417 e. The summed E-state index contributed by atoms with van der Waals surface area (Å²) in [4.78, 5) is 27.0. The highest BCUT2D eigenvalue weighted by atomic mass is 19.4. The number of anilines is 1. The lowest BCUT2D eigenvalue weighted by Crippen LogP contribution is -2.39. The molecule has 212 valence electrons. The number of rotatable bonds is 7. The van der Waals surface area contributed by atoms with Crippen LogP contribution in [0.4, 0.5) is 24.7 Å². The van der Waals surface area contributed by atoms with Gasteiger partial charge >= 0.3 is 6.18 Å². The SMILES string of the molecule is [C-]#[N+]c1cc(C(C)CC)c2oc(-c3ccc(C(=O)NCC4CCN(c5ccc(C(F)(F)F)cn5)CC4)cc3)nc2c1. The minimum absolute atomic E-state index is 0.179. The fourth-order valence-corrected chi connectivity index (χ4v) is 5.03. The number of benzene rings is 2. The molecule has 4 aromatic rings. The van der Waals surface area contributed by atoms with Gasteiger partial charge in [0, 0.05) is 37.0 Å². The zero-order chi connectivity index (χ0) is 29.1. The van der Waals surface area contributed by atoms with Gasteiger partial charge in [-0.25, -0.2) is 14.8 Å². The van der Waals surface area contributed by atoms with Crippen LogP contribution in [-0.2, 0) is 6.18 Å². The lowest BCUT2D eigenvalue weighted by Gasteiger charge is -2.33. The van der Waals surface area contributed by atoms with Crippen LogP contribution >= 0.6 is 0 Å². The molecule has 1 aliphatic heterocycles. The lowest BCUT2D eigenvalue weighted by atomic mass is 9.96. The molecule has 1 amide bonds. The molecule has 0 aliphatic carbocycles. The summed E-state index contributed by atoms with van der Waals surface area (Å²) in [6, 6.07) is 13.1. The average Bonchev–Trinajstić information content (AvgIpc) is 3.43. The molecular weight excluding hydrogens is 531 g/mol. The molecule has 2 aromatic carbocycles. The van der Waals surface area contributed by atoms with Crippen LogP contribution in [0.3, 0.4) is 0 Å².